The van der Waals surface area contributed by atoms with Crippen LogP contribution in [-0.2, 0) is 18.4 Å². The van der Waals surface area contributed by atoms with Gasteiger partial charge in [-0.1, -0.05) is 218 Å². The van der Waals surface area contributed by atoms with Crippen molar-refractivity contribution in [1.82, 2.24) is 5.32 Å². The molecule has 9 nitrogen and oxygen atoms in total. The summed E-state index contributed by atoms with van der Waals surface area (Å²) in [7, 11) is -4.41. The average molecular weight is 829 g/mol. The molecule has 0 aromatic carbocycles. The topological polar surface area (TPSA) is 151 Å². The Balaban J connectivity index is 4.22. The van der Waals surface area contributed by atoms with Crippen molar-refractivity contribution in [1.29, 1.82) is 0 Å². The number of aliphatic hydroxyl groups excluding tert-OH is 2. The Hall–Kier alpha value is -1.06. The number of unbranched alkanes of at least 4 members (excludes halogenated alkanes) is 29. The summed E-state index contributed by atoms with van der Waals surface area (Å²) < 4.78 is 22.1. The van der Waals surface area contributed by atoms with Gasteiger partial charge in [0.15, 0.2) is 0 Å². The predicted octanol–water partition coefficient (Wildman–Crippen LogP) is 12.7. The van der Waals surface area contributed by atoms with Gasteiger partial charge < -0.3 is 26.2 Å². The van der Waals surface area contributed by atoms with Gasteiger partial charge in [-0.25, -0.2) is 4.57 Å². The summed E-state index contributed by atoms with van der Waals surface area (Å²) in [5.41, 5.74) is 5.37. The molecule has 10 heteroatoms. The number of phosphoric acid groups is 1. The second-order valence-electron chi connectivity index (χ2n) is 16.5. The van der Waals surface area contributed by atoms with Gasteiger partial charge in [-0.3, -0.25) is 13.8 Å². The van der Waals surface area contributed by atoms with Crippen LogP contribution in [0.3, 0.4) is 0 Å². The van der Waals surface area contributed by atoms with Gasteiger partial charge in [0.1, 0.15) is 0 Å². The molecule has 0 spiro atoms. The van der Waals surface area contributed by atoms with Crippen molar-refractivity contribution < 1.29 is 33.5 Å². The number of carbonyl (C=O) groups is 1. The maximum atomic E-state index is 12.8. The van der Waals surface area contributed by atoms with E-state index in [-0.39, 0.29) is 19.6 Å². The van der Waals surface area contributed by atoms with E-state index in [4.69, 9.17) is 14.8 Å². The van der Waals surface area contributed by atoms with Crippen LogP contribution in [0.25, 0.3) is 0 Å². The van der Waals surface area contributed by atoms with Crippen molar-refractivity contribution in [2.45, 2.75) is 250 Å². The monoisotopic (exact) mass is 829 g/mol. The van der Waals surface area contributed by atoms with Crippen LogP contribution in [-0.4, -0.2) is 59.0 Å². The van der Waals surface area contributed by atoms with E-state index >= 15 is 0 Å². The summed E-state index contributed by atoms with van der Waals surface area (Å²) in [5.74, 6) is -0.452. The van der Waals surface area contributed by atoms with Crippen LogP contribution in [0.2, 0.25) is 0 Å². The molecule has 1 amide bonds. The molecular weight excluding hydrogens is 735 g/mol. The zero-order chi connectivity index (χ0) is 41.9. The lowest BCUT2D eigenvalue weighted by molar-refractivity contribution is -0.124. The minimum Gasteiger partial charge on any atom is -0.393 e. The smallest absolute Gasteiger partial charge is 0.393 e. The van der Waals surface area contributed by atoms with Gasteiger partial charge >= 0.3 is 7.82 Å². The first-order valence-corrected chi connectivity index (χ1v) is 25.5. The molecule has 4 unspecified atom stereocenters. The maximum Gasteiger partial charge on any atom is 0.472 e. The molecule has 0 aliphatic carbocycles. The number of phosphoric ester groups is 1. The minimum atomic E-state index is -4.41. The van der Waals surface area contributed by atoms with Crippen molar-refractivity contribution >= 4 is 13.7 Å². The fourth-order valence-electron chi connectivity index (χ4n) is 7.19. The minimum absolute atomic E-state index is 0.0461. The summed E-state index contributed by atoms with van der Waals surface area (Å²) in [6.07, 6.45) is 47.0. The van der Waals surface area contributed by atoms with Gasteiger partial charge in [0, 0.05) is 6.54 Å². The molecular formula is C47H93N2O7P. The highest BCUT2D eigenvalue weighted by Crippen LogP contribution is 2.43. The van der Waals surface area contributed by atoms with Crippen LogP contribution in [0.15, 0.2) is 24.3 Å². The number of carbonyl (C=O) groups excluding carboxylic acids is 1. The zero-order valence-corrected chi connectivity index (χ0v) is 38.1. The number of hydrogen-bond donors (Lipinski definition) is 5. The SMILES string of the molecule is CCCCCCCCCCC/C=C/CC/C=C/C(O)C(COP(=O)(O)OCCN)NC(=O)CC(O)CCCCCCCCCCCCCCCCCCCCCC. The lowest BCUT2D eigenvalue weighted by Gasteiger charge is -2.24. The third kappa shape index (κ3) is 41.5. The number of nitrogens with one attached hydrogen (secondary N) is 1. The van der Waals surface area contributed by atoms with Crippen LogP contribution >= 0.6 is 7.82 Å². The molecule has 0 aliphatic rings. The zero-order valence-electron chi connectivity index (χ0n) is 37.2. The summed E-state index contributed by atoms with van der Waals surface area (Å²) in [6.45, 7) is 3.97. The quantitative estimate of drug-likeness (QED) is 0.0231. The van der Waals surface area contributed by atoms with Crippen LogP contribution < -0.4 is 11.1 Å². The Morgan fingerprint density at radius 3 is 1.46 bits per heavy atom. The van der Waals surface area contributed by atoms with Crippen LogP contribution in [0, 0.1) is 0 Å². The fraction of sp³-hybridized carbons (Fsp3) is 0.894. The molecule has 0 aromatic rings. The lowest BCUT2D eigenvalue weighted by atomic mass is 10.0. The van der Waals surface area contributed by atoms with E-state index in [1.807, 2.05) is 6.08 Å². The molecule has 0 saturated carbocycles. The first kappa shape index (κ1) is 55.9. The number of rotatable bonds is 45. The second-order valence-corrected chi connectivity index (χ2v) is 18.0. The van der Waals surface area contributed by atoms with E-state index in [9.17, 15) is 24.5 Å². The highest BCUT2D eigenvalue weighted by Gasteiger charge is 2.27. The highest BCUT2D eigenvalue weighted by atomic mass is 31.2. The standard InChI is InChI=1S/C47H93N2O7P/c1-3-5-7-9-11-13-15-17-19-20-21-22-23-25-26-28-30-32-34-36-38-44(50)42-47(52)49-45(43-56-57(53,54)55-41-40-48)46(51)39-37-35-33-31-29-27-24-18-16-14-12-10-8-6-4-2/h29,31,37,39,44-46,50-51H,3-28,30,32-36,38,40-43,48H2,1-2H3,(H,49,52)(H,53,54)/b31-29+,39-37+. The van der Waals surface area contributed by atoms with Gasteiger partial charge in [0.25, 0.3) is 0 Å². The number of nitrogens with two attached hydrogens (primary N) is 1. The fourth-order valence-corrected chi connectivity index (χ4v) is 7.95. The van der Waals surface area contributed by atoms with Gasteiger partial charge in [0.2, 0.25) is 5.91 Å². The third-order valence-corrected chi connectivity index (χ3v) is 11.8. The maximum absolute atomic E-state index is 12.8. The van der Waals surface area contributed by atoms with Gasteiger partial charge in [-0.05, 0) is 32.1 Å². The molecule has 0 heterocycles. The molecule has 4 atom stereocenters. The molecule has 0 rings (SSSR count). The Bertz CT molecular complexity index is 966. The Morgan fingerprint density at radius 2 is 1.00 bits per heavy atom. The van der Waals surface area contributed by atoms with E-state index in [1.165, 1.54) is 167 Å². The summed E-state index contributed by atoms with van der Waals surface area (Å²) in [4.78, 5) is 22.8. The summed E-state index contributed by atoms with van der Waals surface area (Å²) in [5, 5.41) is 24.1. The first-order chi connectivity index (χ1) is 27.8. The van der Waals surface area contributed by atoms with E-state index in [1.54, 1.807) is 6.08 Å². The normalized spacial score (nSPS) is 14.7. The number of aliphatic hydroxyl groups is 2. The van der Waals surface area contributed by atoms with Crippen molar-refractivity contribution in [3.05, 3.63) is 24.3 Å². The van der Waals surface area contributed by atoms with Crippen molar-refractivity contribution in [3.8, 4) is 0 Å². The van der Waals surface area contributed by atoms with E-state index in [2.05, 4.69) is 31.3 Å². The Labute approximate surface area is 351 Å². The van der Waals surface area contributed by atoms with E-state index in [0.717, 1.165) is 32.1 Å². The van der Waals surface area contributed by atoms with Crippen LogP contribution in [0.4, 0.5) is 0 Å². The molecule has 0 aromatic heterocycles. The van der Waals surface area contributed by atoms with Crippen molar-refractivity contribution in [3.63, 3.8) is 0 Å². The molecule has 338 valence electrons. The highest BCUT2D eigenvalue weighted by molar-refractivity contribution is 7.47. The molecule has 0 saturated heterocycles. The Morgan fingerprint density at radius 1 is 0.596 bits per heavy atom. The molecule has 6 N–H and O–H groups in total. The lowest BCUT2D eigenvalue weighted by Crippen LogP contribution is -2.46. The third-order valence-electron chi connectivity index (χ3n) is 10.8. The average Bonchev–Trinajstić information content (AvgIpc) is 3.19. The van der Waals surface area contributed by atoms with Crippen molar-refractivity contribution in [2.75, 3.05) is 19.8 Å². The Kier molecular flexibility index (Phi) is 42.2. The summed E-state index contributed by atoms with van der Waals surface area (Å²) >= 11 is 0. The van der Waals surface area contributed by atoms with Gasteiger partial charge in [-0.15, -0.1) is 0 Å². The van der Waals surface area contributed by atoms with Gasteiger partial charge in [0.05, 0.1) is 37.9 Å². The van der Waals surface area contributed by atoms with E-state index < -0.39 is 38.6 Å². The number of hydrogen-bond acceptors (Lipinski definition) is 7. The van der Waals surface area contributed by atoms with Crippen LogP contribution in [0.5, 0.6) is 0 Å². The second kappa shape index (κ2) is 43.0. The van der Waals surface area contributed by atoms with Crippen molar-refractivity contribution in [2.24, 2.45) is 5.73 Å². The predicted molar refractivity (Wildman–Crippen MR) is 241 cm³/mol. The van der Waals surface area contributed by atoms with E-state index in [0.29, 0.717) is 12.8 Å². The molecule has 0 radical (unpaired) electrons. The molecule has 0 aliphatic heterocycles. The number of allylic oxidation sites excluding steroid dienone is 3. The van der Waals surface area contributed by atoms with Gasteiger partial charge in [-0.2, -0.15) is 0 Å². The molecule has 57 heavy (non-hydrogen) atoms. The molecule has 0 bridgehead atoms. The first-order valence-electron chi connectivity index (χ1n) is 24.0. The summed E-state index contributed by atoms with van der Waals surface area (Å²) in [6, 6.07) is -0.996. The van der Waals surface area contributed by atoms with Crippen LogP contribution in [0.1, 0.15) is 232 Å². The molecule has 0 fully saturated rings. The largest absolute Gasteiger partial charge is 0.472 e. The number of amides is 1.